The summed E-state index contributed by atoms with van der Waals surface area (Å²) in [6, 6.07) is -0.682. The Hall–Kier alpha value is -1.83. The average Bonchev–Trinajstić information content (AvgIpc) is 3.26. The van der Waals surface area contributed by atoms with Crippen LogP contribution in [0.3, 0.4) is 0 Å². The second-order valence-electron chi connectivity index (χ2n) is 14.1. The molecule has 0 bridgehead atoms. The van der Waals surface area contributed by atoms with Crippen molar-refractivity contribution in [2.45, 2.75) is 123 Å². The fraction of sp³-hybridized carbons (Fsp3) is 0.906. The predicted molar refractivity (Wildman–Crippen MR) is 158 cm³/mol. The maximum absolute atomic E-state index is 13.0. The van der Waals surface area contributed by atoms with E-state index in [0.717, 1.165) is 12.8 Å². The summed E-state index contributed by atoms with van der Waals surface area (Å²) in [5, 5.41) is 14.4. The number of nitrogens with zero attached hydrogens (tertiary/aromatic N) is 1. The minimum atomic E-state index is -0.682. The fourth-order valence-corrected chi connectivity index (χ4v) is 10.1. The van der Waals surface area contributed by atoms with Crippen molar-refractivity contribution in [2.24, 2.45) is 62.8 Å². The molecule has 1 amide bonds. The molecule has 4 fully saturated rings. The maximum atomic E-state index is 13.0. The van der Waals surface area contributed by atoms with Crippen molar-refractivity contribution in [1.29, 1.82) is 0 Å². The monoisotopic (exact) mass is 560 g/mol. The minimum Gasteiger partial charge on any atom is -0.464 e. The van der Waals surface area contributed by atoms with Gasteiger partial charge >= 0.3 is 5.97 Å². The van der Waals surface area contributed by atoms with Gasteiger partial charge in [-0.15, -0.1) is 0 Å². The van der Waals surface area contributed by atoms with Crippen molar-refractivity contribution in [3.05, 3.63) is 0 Å². The number of nitrogens with two attached hydrogens (primary N) is 2. The number of carbonyl (C=O) groups excluding carboxylic acids is 2. The van der Waals surface area contributed by atoms with E-state index < -0.39 is 12.0 Å². The Labute approximate surface area is 241 Å². The normalized spacial score (nSPS) is 38.2. The molecule has 8 heteroatoms. The number of guanidine groups is 1. The number of aliphatic hydroxyl groups is 1. The molecule has 0 spiro atoms. The summed E-state index contributed by atoms with van der Waals surface area (Å²) in [5.41, 5.74) is 11.4. The molecule has 40 heavy (non-hydrogen) atoms. The molecule has 6 N–H and O–H groups in total. The van der Waals surface area contributed by atoms with Gasteiger partial charge in [-0.3, -0.25) is 9.79 Å². The maximum Gasteiger partial charge on any atom is 0.328 e. The van der Waals surface area contributed by atoms with Gasteiger partial charge in [0.2, 0.25) is 5.91 Å². The van der Waals surface area contributed by atoms with Crippen molar-refractivity contribution in [3.8, 4) is 0 Å². The molecule has 228 valence electrons. The van der Waals surface area contributed by atoms with Crippen molar-refractivity contribution in [1.82, 2.24) is 5.32 Å². The van der Waals surface area contributed by atoms with Gasteiger partial charge in [-0.2, -0.15) is 0 Å². The van der Waals surface area contributed by atoms with E-state index in [1.807, 2.05) is 0 Å². The topological polar surface area (TPSA) is 140 Å². The van der Waals surface area contributed by atoms with E-state index in [4.69, 9.17) is 16.2 Å². The van der Waals surface area contributed by atoms with Gasteiger partial charge in [0, 0.05) is 13.0 Å². The van der Waals surface area contributed by atoms with E-state index in [9.17, 15) is 14.7 Å². The van der Waals surface area contributed by atoms with Gasteiger partial charge in [0.15, 0.2) is 5.96 Å². The molecule has 0 aliphatic heterocycles. The number of fused-ring (bicyclic) bond motifs is 5. The Morgan fingerprint density at radius 2 is 1.80 bits per heavy atom. The first-order valence-electron chi connectivity index (χ1n) is 16.2. The molecule has 0 aromatic carbocycles. The molecular formula is C32H56N4O4. The number of carbonyl (C=O) groups is 2. The molecule has 4 aliphatic carbocycles. The summed E-state index contributed by atoms with van der Waals surface area (Å²) in [6.07, 6.45) is 13.3. The zero-order valence-corrected chi connectivity index (χ0v) is 25.5. The Bertz CT molecular complexity index is 923. The van der Waals surface area contributed by atoms with E-state index in [-0.39, 0.29) is 30.0 Å². The fourth-order valence-electron chi connectivity index (χ4n) is 10.1. The van der Waals surface area contributed by atoms with E-state index in [0.29, 0.717) is 66.7 Å². The molecule has 0 aromatic rings. The van der Waals surface area contributed by atoms with Gasteiger partial charge in [0.05, 0.1) is 12.7 Å². The van der Waals surface area contributed by atoms with Gasteiger partial charge in [0.25, 0.3) is 0 Å². The lowest BCUT2D eigenvalue weighted by Gasteiger charge is -2.62. The van der Waals surface area contributed by atoms with Gasteiger partial charge in [-0.25, -0.2) is 4.79 Å². The van der Waals surface area contributed by atoms with Crippen LogP contribution in [0.4, 0.5) is 0 Å². The average molecular weight is 561 g/mol. The van der Waals surface area contributed by atoms with Crippen molar-refractivity contribution in [2.75, 3.05) is 13.2 Å². The highest BCUT2D eigenvalue weighted by Gasteiger charge is 2.62. The first-order valence-corrected chi connectivity index (χ1v) is 16.2. The second-order valence-corrected chi connectivity index (χ2v) is 14.1. The molecule has 0 saturated heterocycles. The molecule has 0 aromatic heterocycles. The molecule has 8 nitrogen and oxygen atoms in total. The molecule has 0 radical (unpaired) electrons. The lowest BCUT2D eigenvalue weighted by atomic mass is 9.44. The Balaban J connectivity index is 1.34. The lowest BCUT2D eigenvalue weighted by Crippen LogP contribution is -2.57. The number of hydrogen-bond acceptors (Lipinski definition) is 5. The number of hydrogen-bond donors (Lipinski definition) is 4. The van der Waals surface area contributed by atoms with Gasteiger partial charge in [0.1, 0.15) is 6.04 Å². The van der Waals surface area contributed by atoms with Crippen LogP contribution in [0.5, 0.6) is 0 Å². The van der Waals surface area contributed by atoms with Gasteiger partial charge in [-0.05, 0) is 117 Å². The Morgan fingerprint density at radius 3 is 2.52 bits per heavy atom. The largest absolute Gasteiger partial charge is 0.464 e. The third-order valence-corrected chi connectivity index (χ3v) is 12.0. The summed E-state index contributed by atoms with van der Waals surface area (Å²) in [4.78, 5) is 29.4. The van der Waals surface area contributed by atoms with E-state index in [2.05, 4.69) is 31.1 Å². The molecule has 4 saturated carbocycles. The van der Waals surface area contributed by atoms with Crippen LogP contribution in [0, 0.1) is 46.3 Å². The molecule has 4 aliphatic rings. The SMILES string of the molecule is CCOC(=O)[C@H](CCCN=C(N)N)NC(=O)CC[C@@H](C)C1CCC2[C@H]3C(CC[C@@]21C)[C@@]1(C)CCCC[C@H]1C[C@@H]3O. The first-order chi connectivity index (χ1) is 19.0. The third-order valence-electron chi connectivity index (χ3n) is 12.0. The summed E-state index contributed by atoms with van der Waals surface area (Å²) in [6.45, 7) is 9.81. The number of esters is 1. The predicted octanol–water partition coefficient (Wildman–Crippen LogP) is 4.52. The Morgan fingerprint density at radius 1 is 1.05 bits per heavy atom. The highest BCUT2D eigenvalue weighted by Crippen LogP contribution is 2.68. The van der Waals surface area contributed by atoms with Crippen LogP contribution < -0.4 is 16.8 Å². The van der Waals surface area contributed by atoms with Crippen molar-refractivity contribution < 1.29 is 19.4 Å². The van der Waals surface area contributed by atoms with Crippen LogP contribution in [-0.4, -0.2) is 48.2 Å². The quantitative estimate of drug-likeness (QED) is 0.127. The standard InChI is InChI=1S/C32H56N4O4/c1-5-40-29(39)25(10-8-18-35-30(33)34)36-27(38)14-11-20(2)22-12-13-23-28-24(15-17-32(22,23)4)31(3)16-7-6-9-21(31)19-26(28)37/h20-26,28,37H,5-19H2,1-4H3,(H,36,38)(H4,33,34,35)/t20-,21+,22?,23?,24?,25+,26+,28+,31+,32-/m1/s1. The number of aliphatic hydroxyl groups excluding tert-OH is 1. The molecule has 4 rings (SSSR count). The van der Waals surface area contributed by atoms with Crippen LogP contribution in [0.25, 0.3) is 0 Å². The zero-order valence-electron chi connectivity index (χ0n) is 25.5. The number of aliphatic imine (C=N–C) groups is 1. The van der Waals surface area contributed by atoms with E-state index >= 15 is 0 Å². The summed E-state index contributed by atoms with van der Waals surface area (Å²) in [7, 11) is 0. The smallest absolute Gasteiger partial charge is 0.328 e. The Kier molecular flexibility index (Phi) is 10.1. The summed E-state index contributed by atoms with van der Waals surface area (Å²) < 4.78 is 5.20. The summed E-state index contributed by atoms with van der Waals surface area (Å²) in [5.74, 6) is 2.86. The van der Waals surface area contributed by atoms with Gasteiger partial charge < -0.3 is 26.6 Å². The number of amides is 1. The lowest BCUT2D eigenvalue weighted by molar-refractivity contribution is -0.164. The first kappa shape index (κ1) is 31.1. The van der Waals surface area contributed by atoms with E-state index in [1.165, 1.54) is 51.4 Å². The zero-order chi connectivity index (χ0) is 29.1. The number of rotatable bonds is 11. The molecular weight excluding hydrogens is 504 g/mol. The second kappa shape index (κ2) is 13.0. The summed E-state index contributed by atoms with van der Waals surface area (Å²) >= 11 is 0. The molecule has 0 heterocycles. The molecule has 10 atom stereocenters. The van der Waals surface area contributed by atoms with E-state index in [1.54, 1.807) is 6.92 Å². The highest BCUT2D eigenvalue weighted by molar-refractivity contribution is 5.84. The number of ether oxygens (including phenoxy) is 1. The van der Waals surface area contributed by atoms with Crippen LogP contribution >= 0.6 is 0 Å². The van der Waals surface area contributed by atoms with Crippen LogP contribution in [0.2, 0.25) is 0 Å². The minimum absolute atomic E-state index is 0.0208. The van der Waals surface area contributed by atoms with Crippen LogP contribution in [-0.2, 0) is 14.3 Å². The van der Waals surface area contributed by atoms with Crippen molar-refractivity contribution >= 4 is 17.8 Å². The highest BCUT2D eigenvalue weighted by atomic mass is 16.5. The van der Waals surface area contributed by atoms with Crippen molar-refractivity contribution in [3.63, 3.8) is 0 Å². The molecule has 3 unspecified atom stereocenters. The third kappa shape index (κ3) is 6.32. The van der Waals surface area contributed by atoms with Gasteiger partial charge in [-0.1, -0.05) is 33.6 Å². The van der Waals surface area contributed by atoms with Crippen LogP contribution in [0.1, 0.15) is 111 Å². The van der Waals surface area contributed by atoms with Crippen LogP contribution in [0.15, 0.2) is 4.99 Å². The number of nitrogens with one attached hydrogen (secondary N) is 1.